The summed E-state index contributed by atoms with van der Waals surface area (Å²) in [7, 11) is 0. The molecule has 0 unspecified atom stereocenters. The molecule has 1 aliphatic rings. The average Bonchev–Trinajstić information content (AvgIpc) is 3.42. The van der Waals surface area contributed by atoms with Crippen molar-refractivity contribution < 1.29 is 18.0 Å². The van der Waals surface area contributed by atoms with Gasteiger partial charge in [-0.15, -0.1) is 0 Å². The summed E-state index contributed by atoms with van der Waals surface area (Å²) < 4.78 is 42.1. The van der Waals surface area contributed by atoms with Crippen molar-refractivity contribution in [1.82, 2.24) is 29.1 Å². The van der Waals surface area contributed by atoms with E-state index in [0.29, 0.717) is 17.2 Å². The fraction of sp³-hybridized carbons (Fsp3) is 0.333. The molecule has 0 bridgehead atoms. The molecule has 166 valence electrons. The molecule has 1 fully saturated rings. The van der Waals surface area contributed by atoms with Gasteiger partial charge in [-0.1, -0.05) is 6.07 Å². The topological polar surface area (TPSA) is 88.6 Å². The second kappa shape index (κ2) is 7.81. The van der Waals surface area contributed by atoms with Crippen LogP contribution in [-0.2, 0) is 6.18 Å². The Morgan fingerprint density at radius 2 is 1.84 bits per heavy atom. The van der Waals surface area contributed by atoms with E-state index in [1.807, 2.05) is 0 Å². The van der Waals surface area contributed by atoms with Gasteiger partial charge in [0.05, 0.1) is 5.56 Å². The van der Waals surface area contributed by atoms with Gasteiger partial charge in [-0.2, -0.15) is 13.2 Å². The van der Waals surface area contributed by atoms with Crippen molar-refractivity contribution in [1.29, 1.82) is 0 Å². The molecule has 4 aromatic heterocycles. The quantitative estimate of drug-likeness (QED) is 0.504. The molecule has 8 nitrogen and oxygen atoms in total. The van der Waals surface area contributed by atoms with Gasteiger partial charge in [0.2, 0.25) is 5.78 Å². The highest BCUT2D eigenvalue weighted by Gasteiger charge is 2.34. The summed E-state index contributed by atoms with van der Waals surface area (Å²) in [4.78, 5) is 24.5. The lowest BCUT2D eigenvalue weighted by molar-refractivity contribution is -0.140. The number of alkyl halides is 3. The lowest BCUT2D eigenvalue weighted by Gasteiger charge is -2.30. The van der Waals surface area contributed by atoms with E-state index in [9.17, 15) is 18.0 Å². The zero-order valence-corrected chi connectivity index (χ0v) is 16.9. The van der Waals surface area contributed by atoms with Gasteiger partial charge < -0.3 is 10.6 Å². The Hall–Kier alpha value is -3.63. The third-order valence-electron chi connectivity index (χ3n) is 5.70. The standard InChI is InChI=1S/C21H20F3N7O/c22-21(23,24)16-12-31-17(2-1-3-18(31)29-16)27-14-4-6-15(7-5-14)28-19(32)13-10-26-20-25-8-9-30(20)11-13/h1-3,8-12,14-15,27H,4-7H2,(H,28,32). The molecule has 0 radical (unpaired) electrons. The molecule has 0 aliphatic heterocycles. The lowest BCUT2D eigenvalue weighted by Crippen LogP contribution is -2.40. The van der Waals surface area contributed by atoms with Gasteiger partial charge in [0.15, 0.2) is 5.69 Å². The second-order valence-corrected chi connectivity index (χ2v) is 7.91. The number of hydrogen-bond acceptors (Lipinski definition) is 5. The van der Waals surface area contributed by atoms with Crippen LogP contribution in [0.3, 0.4) is 0 Å². The lowest BCUT2D eigenvalue weighted by atomic mass is 9.91. The first kappa shape index (κ1) is 20.3. The Kier molecular flexibility index (Phi) is 4.95. The normalized spacial score (nSPS) is 19.3. The van der Waals surface area contributed by atoms with Crippen molar-refractivity contribution >= 4 is 23.1 Å². The largest absolute Gasteiger partial charge is 0.434 e. The van der Waals surface area contributed by atoms with Crippen LogP contribution >= 0.6 is 0 Å². The third kappa shape index (κ3) is 3.97. The summed E-state index contributed by atoms with van der Waals surface area (Å²) in [5.74, 6) is 0.911. The molecule has 0 aromatic carbocycles. The smallest absolute Gasteiger partial charge is 0.368 e. The van der Waals surface area contributed by atoms with E-state index in [0.717, 1.165) is 31.9 Å². The Labute approximate surface area is 180 Å². The SMILES string of the molecule is O=C(NC1CCC(Nc2cccc3nc(C(F)(F)F)cn23)CC1)c1cnc2nccn2c1. The Bertz CT molecular complexity index is 1270. The highest BCUT2D eigenvalue weighted by Crippen LogP contribution is 2.30. The molecular formula is C21H20F3N7O. The van der Waals surface area contributed by atoms with Gasteiger partial charge in [0.1, 0.15) is 11.5 Å². The summed E-state index contributed by atoms with van der Waals surface area (Å²) in [5, 5.41) is 6.38. The highest BCUT2D eigenvalue weighted by molar-refractivity contribution is 5.94. The fourth-order valence-corrected chi connectivity index (χ4v) is 4.06. The molecule has 2 N–H and O–H groups in total. The van der Waals surface area contributed by atoms with Crippen LogP contribution in [-0.4, -0.2) is 41.7 Å². The summed E-state index contributed by atoms with van der Waals surface area (Å²) >= 11 is 0. The van der Waals surface area contributed by atoms with Crippen molar-refractivity contribution in [2.75, 3.05) is 5.32 Å². The summed E-state index contributed by atoms with van der Waals surface area (Å²) in [6.07, 6.45) is 6.15. The number of nitrogens with one attached hydrogen (secondary N) is 2. The number of nitrogens with zero attached hydrogens (tertiary/aromatic N) is 5. The van der Waals surface area contributed by atoms with Crippen molar-refractivity contribution in [3.63, 3.8) is 0 Å². The van der Waals surface area contributed by atoms with Gasteiger partial charge in [0.25, 0.3) is 5.91 Å². The number of halogens is 3. The highest BCUT2D eigenvalue weighted by atomic mass is 19.4. The van der Waals surface area contributed by atoms with Crippen LogP contribution in [0.2, 0.25) is 0 Å². The van der Waals surface area contributed by atoms with Crippen molar-refractivity contribution in [3.05, 3.63) is 60.4 Å². The maximum atomic E-state index is 13.0. The third-order valence-corrected chi connectivity index (χ3v) is 5.70. The molecule has 4 heterocycles. The van der Waals surface area contributed by atoms with E-state index in [2.05, 4.69) is 25.6 Å². The number of fused-ring (bicyclic) bond motifs is 2. The molecule has 4 aromatic rings. The summed E-state index contributed by atoms with van der Waals surface area (Å²) in [6, 6.07) is 5.08. The molecule has 5 rings (SSSR count). The van der Waals surface area contributed by atoms with E-state index >= 15 is 0 Å². The van der Waals surface area contributed by atoms with E-state index in [-0.39, 0.29) is 23.6 Å². The zero-order valence-electron chi connectivity index (χ0n) is 16.9. The van der Waals surface area contributed by atoms with Crippen LogP contribution < -0.4 is 10.6 Å². The molecule has 0 saturated heterocycles. The molecule has 1 amide bonds. The summed E-state index contributed by atoms with van der Waals surface area (Å²) in [5.41, 5.74) is -0.212. The average molecular weight is 443 g/mol. The number of pyridine rings is 1. The Morgan fingerprint density at radius 1 is 1.06 bits per heavy atom. The number of rotatable bonds is 4. The molecule has 0 spiro atoms. The molecule has 1 aliphatic carbocycles. The van der Waals surface area contributed by atoms with Gasteiger partial charge in [-0.3, -0.25) is 13.6 Å². The Balaban J connectivity index is 1.20. The van der Waals surface area contributed by atoms with Gasteiger partial charge >= 0.3 is 6.18 Å². The number of anilines is 1. The van der Waals surface area contributed by atoms with Gasteiger partial charge in [0, 0.05) is 43.1 Å². The van der Waals surface area contributed by atoms with Crippen LogP contribution in [0.5, 0.6) is 0 Å². The van der Waals surface area contributed by atoms with Crippen LogP contribution in [0.25, 0.3) is 11.4 Å². The molecule has 0 atom stereocenters. The first-order valence-corrected chi connectivity index (χ1v) is 10.3. The Morgan fingerprint density at radius 3 is 2.62 bits per heavy atom. The first-order valence-electron chi connectivity index (χ1n) is 10.3. The van der Waals surface area contributed by atoms with Crippen molar-refractivity contribution in [2.24, 2.45) is 0 Å². The maximum absolute atomic E-state index is 13.0. The van der Waals surface area contributed by atoms with Crippen molar-refractivity contribution in [2.45, 2.75) is 43.9 Å². The fourth-order valence-electron chi connectivity index (χ4n) is 4.06. The van der Waals surface area contributed by atoms with E-state index in [1.165, 1.54) is 10.6 Å². The molecule has 32 heavy (non-hydrogen) atoms. The van der Waals surface area contributed by atoms with E-state index in [4.69, 9.17) is 0 Å². The maximum Gasteiger partial charge on any atom is 0.434 e. The number of aromatic nitrogens is 5. The van der Waals surface area contributed by atoms with Gasteiger partial charge in [-0.05, 0) is 37.8 Å². The van der Waals surface area contributed by atoms with E-state index in [1.54, 1.807) is 41.2 Å². The number of carbonyl (C=O) groups excluding carboxylic acids is 1. The van der Waals surface area contributed by atoms with Crippen LogP contribution in [0.4, 0.5) is 19.0 Å². The molecular weight excluding hydrogens is 423 g/mol. The van der Waals surface area contributed by atoms with E-state index < -0.39 is 11.9 Å². The monoisotopic (exact) mass is 443 g/mol. The minimum atomic E-state index is -4.49. The number of carbonyl (C=O) groups is 1. The number of hydrogen-bond donors (Lipinski definition) is 2. The minimum Gasteiger partial charge on any atom is -0.368 e. The number of imidazole rings is 2. The van der Waals surface area contributed by atoms with Gasteiger partial charge in [-0.25, -0.2) is 15.0 Å². The predicted molar refractivity (Wildman–Crippen MR) is 110 cm³/mol. The molecule has 11 heteroatoms. The second-order valence-electron chi connectivity index (χ2n) is 7.91. The predicted octanol–water partition coefficient (Wildman–Crippen LogP) is 3.55. The zero-order chi connectivity index (χ0) is 22.3. The van der Waals surface area contributed by atoms with Crippen molar-refractivity contribution in [3.8, 4) is 0 Å². The van der Waals surface area contributed by atoms with Crippen LogP contribution in [0.15, 0.2) is 49.2 Å². The molecule has 1 saturated carbocycles. The summed E-state index contributed by atoms with van der Waals surface area (Å²) in [6.45, 7) is 0. The number of amides is 1. The first-order chi connectivity index (χ1) is 15.4. The van der Waals surface area contributed by atoms with Crippen LogP contribution in [0, 0.1) is 0 Å². The minimum absolute atomic E-state index is 0.0277. The van der Waals surface area contributed by atoms with Crippen LogP contribution in [0.1, 0.15) is 41.7 Å².